The first-order valence-electron chi connectivity index (χ1n) is 4.38. The van der Waals surface area contributed by atoms with Gasteiger partial charge in [-0.15, -0.1) is 0 Å². The number of ether oxygens (including phenoxy) is 1. The summed E-state index contributed by atoms with van der Waals surface area (Å²) in [5.74, 6) is 0.337. The van der Waals surface area contributed by atoms with Crippen LogP contribution in [0.1, 0.15) is 32.6 Å². The first-order chi connectivity index (χ1) is 5.26. The van der Waals surface area contributed by atoms with Crippen molar-refractivity contribution in [3.8, 4) is 0 Å². The fourth-order valence-corrected chi connectivity index (χ4v) is 2.05. The number of ketones is 1. The van der Waals surface area contributed by atoms with Crippen LogP contribution in [0.15, 0.2) is 0 Å². The summed E-state index contributed by atoms with van der Waals surface area (Å²) in [6, 6.07) is 0. The first kappa shape index (κ1) is 7.29. The number of carbonyl (C=O) groups excluding carboxylic acids is 1. The highest BCUT2D eigenvalue weighted by Gasteiger charge is 2.54. The lowest BCUT2D eigenvalue weighted by molar-refractivity contribution is -0.126. The SMILES string of the molecule is CC(=O)C1(C2CCCO2)CC1. The molecule has 62 valence electrons. The van der Waals surface area contributed by atoms with Crippen LogP contribution in [0.25, 0.3) is 0 Å². The molecule has 0 aromatic heterocycles. The number of Topliss-reactive ketones (excluding diaryl/α,β-unsaturated/α-hetero) is 1. The van der Waals surface area contributed by atoms with Crippen molar-refractivity contribution in [3.05, 3.63) is 0 Å². The van der Waals surface area contributed by atoms with Crippen LogP contribution in [-0.4, -0.2) is 18.5 Å². The molecule has 0 radical (unpaired) electrons. The molecule has 2 nitrogen and oxygen atoms in total. The molecular weight excluding hydrogens is 140 g/mol. The third-order valence-corrected chi connectivity index (χ3v) is 3.04. The predicted molar refractivity (Wildman–Crippen MR) is 41.3 cm³/mol. The largest absolute Gasteiger partial charge is 0.377 e. The Labute approximate surface area is 66.9 Å². The van der Waals surface area contributed by atoms with Gasteiger partial charge in [0.1, 0.15) is 5.78 Å². The minimum Gasteiger partial charge on any atom is -0.377 e. The molecule has 0 spiro atoms. The van der Waals surface area contributed by atoms with E-state index >= 15 is 0 Å². The van der Waals surface area contributed by atoms with Gasteiger partial charge in [0, 0.05) is 6.61 Å². The van der Waals surface area contributed by atoms with Gasteiger partial charge in [-0.3, -0.25) is 4.79 Å². The Kier molecular flexibility index (Phi) is 1.53. The number of hydrogen-bond donors (Lipinski definition) is 0. The Bertz CT molecular complexity index is 176. The van der Waals surface area contributed by atoms with Crippen LogP contribution in [0.2, 0.25) is 0 Å². The van der Waals surface area contributed by atoms with Crippen LogP contribution < -0.4 is 0 Å². The zero-order chi connectivity index (χ0) is 7.90. The summed E-state index contributed by atoms with van der Waals surface area (Å²) in [5.41, 5.74) is -0.0312. The normalized spacial score (nSPS) is 33.7. The van der Waals surface area contributed by atoms with E-state index in [2.05, 4.69) is 0 Å². The summed E-state index contributed by atoms with van der Waals surface area (Å²) < 4.78 is 5.52. The van der Waals surface area contributed by atoms with E-state index in [1.807, 2.05) is 0 Å². The van der Waals surface area contributed by atoms with Crippen LogP contribution in [0.4, 0.5) is 0 Å². The molecule has 0 aromatic carbocycles. The van der Waals surface area contributed by atoms with E-state index < -0.39 is 0 Å². The van der Waals surface area contributed by atoms with Gasteiger partial charge in [-0.2, -0.15) is 0 Å². The van der Waals surface area contributed by atoms with Crippen molar-refractivity contribution < 1.29 is 9.53 Å². The number of hydrogen-bond acceptors (Lipinski definition) is 2. The molecule has 2 aliphatic rings. The van der Waals surface area contributed by atoms with Gasteiger partial charge in [0.15, 0.2) is 0 Å². The molecule has 2 rings (SSSR count). The van der Waals surface area contributed by atoms with Gasteiger partial charge in [0.2, 0.25) is 0 Å². The van der Waals surface area contributed by atoms with Gasteiger partial charge >= 0.3 is 0 Å². The lowest BCUT2D eigenvalue weighted by Gasteiger charge is -2.18. The monoisotopic (exact) mass is 154 g/mol. The summed E-state index contributed by atoms with van der Waals surface area (Å²) >= 11 is 0. The average molecular weight is 154 g/mol. The highest BCUT2D eigenvalue weighted by atomic mass is 16.5. The standard InChI is InChI=1S/C9H14O2/c1-7(10)9(4-5-9)8-3-2-6-11-8/h8H,2-6H2,1H3. The van der Waals surface area contributed by atoms with Gasteiger partial charge in [0.25, 0.3) is 0 Å². The minimum atomic E-state index is -0.0312. The third-order valence-electron chi connectivity index (χ3n) is 3.04. The topological polar surface area (TPSA) is 26.3 Å². The van der Waals surface area contributed by atoms with Gasteiger partial charge in [0.05, 0.1) is 11.5 Å². The molecule has 1 saturated carbocycles. The van der Waals surface area contributed by atoms with E-state index in [-0.39, 0.29) is 11.5 Å². The maximum atomic E-state index is 11.2. The van der Waals surface area contributed by atoms with E-state index in [0.29, 0.717) is 5.78 Å². The minimum absolute atomic E-state index is 0.0312. The number of rotatable bonds is 2. The molecular formula is C9H14O2. The highest BCUT2D eigenvalue weighted by Crippen LogP contribution is 2.53. The van der Waals surface area contributed by atoms with Crippen LogP contribution in [-0.2, 0) is 9.53 Å². The highest BCUT2D eigenvalue weighted by molar-refractivity contribution is 5.85. The second-order valence-electron chi connectivity index (χ2n) is 3.71. The molecule has 1 atom stereocenters. The Balaban J connectivity index is 2.07. The Morgan fingerprint density at radius 3 is 2.64 bits per heavy atom. The fraction of sp³-hybridized carbons (Fsp3) is 0.889. The molecule has 2 heteroatoms. The van der Waals surface area contributed by atoms with E-state index in [0.717, 1.165) is 32.3 Å². The number of carbonyl (C=O) groups is 1. The summed E-state index contributed by atoms with van der Waals surface area (Å²) in [7, 11) is 0. The van der Waals surface area contributed by atoms with Crippen molar-refractivity contribution in [1.29, 1.82) is 0 Å². The first-order valence-corrected chi connectivity index (χ1v) is 4.38. The quantitative estimate of drug-likeness (QED) is 0.603. The average Bonchev–Trinajstić information content (AvgIpc) is 2.61. The molecule has 0 amide bonds. The molecule has 0 N–H and O–H groups in total. The van der Waals surface area contributed by atoms with Crippen molar-refractivity contribution >= 4 is 5.78 Å². The van der Waals surface area contributed by atoms with E-state index in [4.69, 9.17) is 4.74 Å². The molecule has 0 bridgehead atoms. The van der Waals surface area contributed by atoms with Gasteiger partial charge in [-0.1, -0.05) is 0 Å². The zero-order valence-electron chi connectivity index (χ0n) is 6.93. The molecule has 2 fully saturated rings. The predicted octanol–water partition coefficient (Wildman–Crippen LogP) is 1.53. The van der Waals surface area contributed by atoms with Crippen LogP contribution in [0.5, 0.6) is 0 Å². The van der Waals surface area contributed by atoms with E-state index in [1.54, 1.807) is 6.92 Å². The second-order valence-corrected chi connectivity index (χ2v) is 3.71. The van der Waals surface area contributed by atoms with Crippen LogP contribution in [0, 0.1) is 5.41 Å². The Morgan fingerprint density at radius 2 is 2.27 bits per heavy atom. The van der Waals surface area contributed by atoms with Gasteiger partial charge in [-0.25, -0.2) is 0 Å². The van der Waals surface area contributed by atoms with E-state index in [9.17, 15) is 4.79 Å². The second kappa shape index (κ2) is 2.31. The summed E-state index contributed by atoms with van der Waals surface area (Å²) in [4.78, 5) is 11.2. The van der Waals surface area contributed by atoms with Crippen molar-refractivity contribution in [2.75, 3.05) is 6.61 Å². The molecule has 11 heavy (non-hydrogen) atoms. The smallest absolute Gasteiger partial charge is 0.138 e. The van der Waals surface area contributed by atoms with Crippen LogP contribution in [0.3, 0.4) is 0 Å². The Hall–Kier alpha value is -0.370. The van der Waals surface area contributed by atoms with Gasteiger partial charge < -0.3 is 4.74 Å². The maximum absolute atomic E-state index is 11.2. The Morgan fingerprint density at radius 1 is 1.55 bits per heavy atom. The van der Waals surface area contributed by atoms with Crippen molar-refractivity contribution in [3.63, 3.8) is 0 Å². The lowest BCUT2D eigenvalue weighted by Crippen LogP contribution is -2.27. The van der Waals surface area contributed by atoms with Crippen LogP contribution >= 0.6 is 0 Å². The summed E-state index contributed by atoms with van der Waals surface area (Å²) in [6.45, 7) is 2.56. The fourth-order valence-electron chi connectivity index (χ4n) is 2.05. The molecule has 1 unspecified atom stereocenters. The third kappa shape index (κ3) is 1.00. The van der Waals surface area contributed by atoms with Crippen molar-refractivity contribution in [1.82, 2.24) is 0 Å². The summed E-state index contributed by atoms with van der Waals surface area (Å²) in [6.07, 6.45) is 4.62. The van der Waals surface area contributed by atoms with Crippen molar-refractivity contribution in [2.45, 2.75) is 38.7 Å². The van der Waals surface area contributed by atoms with Crippen molar-refractivity contribution in [2.24, 2.45) is 5.41 Å². The lowest BCUT2D eigenvalue weighted by atomic mass is 9.93. The molecule has 1 aliphatic carbocycles. The molecule has 1 heterocycles. The molecule has 1 aliphatic heterocycles. The zero-order valence-corrected chi connectivity index (χ0v) is 6.93. The van der Waals surface area contributed by atoms with E-state index in [1.165, 1.54) is 0 Å². The van der Waals surface area contributed by atoms with Gasteiger partial charge in [-0.05, 0) is 32.6 Å². The molecule has 0 aromatic rings. The molecule has 1 saturated heterocycles. The maximum Gasteiger partial charge on any atom is 0.138 e. The summed E-state index contributed by atoms with van der Waals surface area (Å²) in [5, 5.41) is 0.